The first kappa shape index (κ1) is 16.9. The van der Waals surface area contributed by atoms with Gasteiger partial charge in [0.1, 0.15) is 6.54 Å². The summed E-state index contributed by atoms with van der Waals surface area (Å²) in [6.45, 7) is 9.50. The van der Waals surface area contributed by atoms with Gasteiger partial charge in [-0.1, -0.05) is 32.0 Å². The fraction of sp³-hybridized carbons (Fsp3) is 0.429. The monoisotopic (exact) mass is 350 g/mol. The van der Waals surface area contributed by atoms with Crippen molar-refractivity contribution in [2.75, 3.05) is 6.54 Å². The van der Waals surface area contributed by atoms with E-state index < -0.39 is 0 Å². The van der Waals surface area contributed by atoms with Gasteiger partial charge in [0, 0.05) is 28.8 Å². The lowest BCUT2D eigenvalue weighted by atomic mass is 9.90. The summed E-state index contributed by atoms with van der Waals surface area (Å²) in [6, 6.07) is 8.53. The summed E-state index contributed by atoms with van der Waals surface area (Å²) in [5.41, 5.74) is 5.79. The number of aromatic nitrogens is 3. The molecule has 0 aliphatic carbocycles. The maximum atomic E-state index is 13.1. The molecule has 0 radical (unpaired) electrons. The van der Waals surface area contributed by atoms with Crippen molar-refractivity contribution < 1.29 is 4.79 Å². The number of H-pyrrole nitrogens is 1. The molecule has 0 saturated heterocycles. The van der Waals surface area contributed by atoms with Gasteiger partial charge in [0.2, 0.25) is 5.91 Å². The van der Waals surface area contributed by atoms with Crippen LogP contribution in [0.25, 0.3) is 10.9 Å². The highest BCUT2D eigenvalue weighted by Crippen LogP contribution is 2.38. The molecule has 5 heteroatoms. The lowest BCUT2D eigenvalue weighted by Crippen LogP contribution is -2.43. The molecule has 1 aliphatic heterocycles. The molecule has 1 unspecified atom stereocenters. The highest BCUT2D eigenvalue weighted by atomic mass is 16.2. The molecule has 1 aliphatic rings. The number of aromatic amines is 1. The number of aryl methyl sites for hydroxylation is 1. The molecule has 1 atom stereocenters. The Morgan fingerprint density at radius 3 is 2.77 bits per heavy atom. The van der Waals surface area contributed by atoms with Crippen LogP contribution in [0.3, 0.4) is 0 Å². The molecule has 3 heterocycles. The standard InChI is InChI=1S/C21H26N4O/c1-13(2)21-20-17(16-7-5-6-8-18(16)23-20)9-10-25(21)19(26)11-24-12-22-14(3)15(24)4/h5-8,12-13,21,23H,9-11H2,1-4H3. The smallest absolute Gasteiger partial charge is 0.243 e. The molecule has 3 aromatic rings. The van der Waals surface area contributed by atoms with E-state index in [1.165, 1.54) is 22.2 Å². The third kappa shape index (κ3) is 2.62. The van der Waals surface area contributed by atoms with E-state index >= 15 is 0 Å². The van der Waals surface area contributed by atoms with Crippen molar-refractivity contribution in [2.24, 2.45) is 5.92 Å². The van der Waals surface area contributed by atoms with Gasteiger partial charge in [0.15, 0.2) is 0 Å². The van der Waals surface area contributed by atoms with Crippen LogP contribution in [0.15, 0.2) is 30.6 Å². The average Bonchev–Trinajstić information content (AvgIpc) is 3.15. The van der Waals surface area contributed by atoms with Gasteiger partial charge in [-0.05, 0) is 37.8 Å². The Balaban J connectivity index is 1.68. The number of carbonyl (C=O) groups is 1. The number of nitrogens with one attached hydrogen (secondary N) is 1. The summed E-state index contributed by atoms with van der Waals surface area (Å²) in [6.07, 6.45) is 2.67. The van der Waals surface area contributed by atoms with E-state index in [1.54, 1.807) is 6.33 Å². The quantitative estimate of drug-likeness (QED) is 0.782. The van der Waals surface area contributed by atoms with Gasteiger partial charge in [0.25, 0.3) is 0 Å². The number of amides is 1. The number of nitrogens with zero attached hydrogens (tertiary/aromatic N) is 3. The zero-order valence-corrected chi connectivity index (χ0v) is 15.9. The second-order valence-electron chi connectivity index (χ2n) is 7.63. The number of rotatable bonds is 3. The SMILES string of the molecule is Cc1ncn(CC(=O)N2CCc3c([nH]c4ccccc34)C2C(C)C)c1C. The molecule has 136 valence electrons. The van der Waals surface area contributed by atoms with Gasteiger partial charge in [-0.15, -0.1) is 0 Å². The van der Waals surface area contributed by atoms with Crippen molar-refractivity contribution in [3.63, 3.8) is 0 Å². The molecule has 1 amide bonds. The van der Waals surface area contributed by atoms with Crippen molar-refractivity contribution in [3.05, 3.63) is 53.2 Å². The molecule has 0 fully saturated rings. The summed E-state index contributed by atoms with van der Waals surface area (Å²) >= 11 is 0. The van der Waals surface area contributed by atoms with E-state index in [9.17, 15) is 4.79 Å². The summed E-state index contributed by atoms with van der Waals surface area (Å²) in [5.74, 6) is 0.505. The number of fused-ring (bicyclic) bond motifs is 3. The molecule has 4 rings (SSSR count). The molecule has 0 spiro atoms. The van der Waals surface area contributed by atoms with Crippen LogP contribution in [0, 0.1) is 19.8 Å². The Labute approximate surface area is 154 Å². The van der Waals surface area contributed by atoms with Crippen LogP contribution in [0.1, 0.15) is 42.5 Å². The molecular weight excluding hydrogens is 324 g/mol. The fourth-order valence-electron chi connectivity index (χ4n) is 4.18. The predicted molar refractivity (Wildman–Crippen MR) is 103 cm³/mol. The van der Waals surface area contributed by atoms with E-state index in [0.29, 0.717) is 12.5 Å². The van der Waals surface area contributed by atoms with Crippen molar-refractivity contribution in [2.45, 2.75) is 46.7 Å². The predicted octanol–water partition coefficient (Wildman–Crippen LogP) is 3.76. The second-order valence-corrected chi connectivity index (χ2v) is 7.63. The molecule has 0 saturated carbocycles. The first-order chi connectivity index (χ1) is 12.5. The Kier molecular flexibility index (Phi) is 4.10. The molecular formula is C21H26N4O. The highest BCUT2D eigenvalue weighted by molar-refractivity contribution is 5.86. The van der Waals surface area contributed by atoms with E-state index in [2.05, 4.69) is 53.0 Å². The number of imidazole rings is 1. The lowest BCUT2D eigenvalue weighted by Gasteiger charge is -2.38. The molecule has 26 heavy (non-hydrogen) atoms. The molecule has 1 aromatic carbocycles. The Hall–Kier alpha value is -2.56. The van der Waals surface area contributed by atoms with Crippen molar-refractivity contribution in [3.8, 4) is 0 Å². The number of para-hydroxylation sites is 1. The van der Waals surface area contributed by atoms with Crippen LogP contribution in [-0.4, -0.2) is 31.9 Å². The average molecular weight is 350 g/mol. The molecule has 2 aromatic heterocycles. The zero-order valence-electron chi connectivity index (χ0n) is 15.9. The maximum Gasteiger partial charge on any atom is 0.243 e. The van der Waals surface area contributed by atoms with E-state index in [4.69, 9.17) is 0 Å². The summed E-state index contributed by atoms with van der Waals surface area (Å²) in [5, 5.41) is 1.29. The van der Waals surface area contributed by atoms with Crippen LogP contribution in [0.2, 0.25) is 0 Å². The minimum atomic E-state index is 0.0866. The number of carbonyl (C=O) groups excluding carboxylic acids is 1. The van der Waals surface area contributed by atoms with Gasteiger partial charge < -0.3 is 14.5 Å². The highest BCUT2D eigenvalue weighted by Gasteiger charge is 2.35. The largest absolute Gasteiger partial charge is 0.356 e. The number of hydrogen-bond donors (Lipinski definition) is 1. The van der Waals surface area contributed by atoms with Crippen LogP contribution in [-0.2, 0) is 17.8 Å². The topological polar surface area (TPSA) is 53.9 Å². The Morgan fingerprint density at radius 1 is 1.31 bits per heavy atom. The normalized spacial score (nSPS) is 17.1. The van der Waals surface area contributed by atoms with Crippen molar-refractivity contribution >= 4 is 16.8 Å². The second kappa shape index (κ2) is 6.31. The van der Waals surface area contributed by atoms with Gasteiger partial charge in [-0.3, -0.25) is 4.79 Å². The molecule has 0 bridgehead atoms. The van der Waals surface area contributed by atoms with E-state index in [-0.39, 0.29) is 11.9 Å². The van der Waals surface area contributed by atoms with Gasteiger partial charge in [0.05, 0.1) is 18.1 Å². The number of hydrogen-bond acceptors (Lipinski definition) is 2. The Morgan fingerprint density at radius 2 is 2.08 bits per heavy atom. The maximum absolute atomic E-state index is 13.1. The number of benzene rings is 1. The van der Waals surface area contributed by atoms with Gasteiger partial charge in [-0.2, -0.15) is 0 Å². The minimum Gasteiger partial charge on any atom is -0.356 e. The first-order valence-corrected chi connectivity index (χ1v) is 9.34. The third-order valence-electron chi connectivity index (χ3n) is 5.68. The van der Waals surface area contributed by atoms with Crippen LogP contribution < -0.4 is 0 Å². The third-order valence-corrected chi connectivity index (χ3v) is 5.68. The van der Waals surface area contributed by atoms with Crippen LogP contribution >= 0.6 is 0 Å². The fourth-order valence-corrected chi connectivity index (χ4v) is 4.18. The van der Waals surface area contributed by atoms with Crippen molar-refractivity contribution in [1.82, 2.24) is 19.4 Å². The zero-order chi connectivity index (χ0) is 18.4. The summed E-state index contributed by atoms with van der Waals surface area (Å²) in [4.78, 5) is 23.1. The van der Waals surface area contributed by atoms with Crippen LogP contribution in [0.5, 0.6) is 0 Å². The van der Waals surface area contributed by atoms with E-state index in [1.807, 2.05) is 18.4 Å². The van der Waals surface area contributed by atoms with Gasteiger partial charge in [-0.25, -0.2) is 4.98 Å². The van der Waals surface area contributed by atoms with E-state index in [0.717, 1.165) is 24.4 Å². The Bertz CT molecular complexity index is 966. The van der Waals surface area contributed by atoms with Crippen molar-refractivity contribution in [1.29, 1.82) is 0 Å². The summed E-state index contributed by atoms with van der Waals surface area (Å²) in [7, 11) is 0. The lowest BCUT2D eigenvalue weighted by molar-refractivity contribution is -0.136. The summed E-state index contributed by atoms with van der Waals surface area (Å²) < 4.78 is 1.95. The molecule has 1 N–H and O–H groups in total. The molecule has 5 nitrogen and oxygen atoms in total. The van der Waals surface area contributed by atoms with Gasteiger partial charge >= 0.3 is 0 Å². The van der Waals surface area contributed by atoms with Crippen LogP contribution in [0.4, 0.5) is 0 Å². The first-order valence-electron chi connectivity index (χ1n) is 9.34. The minimum absolute atomic E-state index is 0.0866.